The Morgan fingerprint density at radius 1 is 1.09 bits per heavy atom. The Morgan fingerprint density at radius 2 is 1.78 bits per heavy atom. The fraction of sp³-hybridized carbons (Fsp3) is 0.278. The van der Waals surface area contributed by atoms with Crippen LogP contribution in [0.3, 0.4) is 0 Å². The van der Waals surface area contributed by atoms with Gasteiger partial charge < -0.3 is 13.7 Å². The smallest absolute Gasteiger partial charge is 0.489 e. The van der Waals surface area contributed by atoms with E-state index in [0.717, 1.165) is 22.6 Å². The Morgan fingerprint density at radius 3 is 2.52 bits per heavy atom. The highest BCUT2D eigenvalue weighted by molar-refractivity contribution is 6.53. The first-order valence-corrected chi connectivity index (χ1v) is 9.00. The highest BCUT2D eigenvalue weighted by Gasteiger charge is 2.30. The van der Waals surface area contributed by atoms with Crippen LogP contribution in [-0.4, -0.2) is 20.7 Å². The second-order valence-corrected chi connectivity index (χ2v) is 7.16. The monoisotopic (exact) mass is 325 g/mol. The lowest BCUT2D eigenvalue weighted by Gasteiger charge is -2.29. The number of nitrogens with zero attached hydrogens (tertiary/aromatic N) is 1. The number of para-hydroxylation sites is 1. The molecule has 2 aromatic rings. The van der Waals surface area contributed by atoms with E-state index in [9.17, 15) is 4.46 Å². The lowest BCUT2D eigenvalue weighted by atomic mass is 9.91. The summed E-state index contributed by atoms with van der Waals surface area (Å²) in [5, 5.41) is 4.90. The second-order valence-electron chi connectivity index (χ2n) is 5.83. The van der Waals surface area contributed by atoms with Crippen molar-refractivity contribution in [1.82, 2.24) is 0 Å². The van der Waals surface area contributed by atoms with E-state index in [1.165, 1.54) is 0 Å². The molecule has 0 saturated heterocycles. The maximum Gasteiger partial charge on any atom is 0.566 e. The van der Waals surface area contributed by atoms with Gasteiger partial charge in [0.2, 0.25) is 0 Å². The summed E-state index contributed by atoms with van der Waals surface area (Å²) in [6.45, 7) is 6.02. The molecule has 0 amide bonds. The van der Waals surface area contributed by atoms with Gasteiger partial charge in [-0.1, -0.05) is 54.0 Å². The summed E-state index contributed by atoms with van der Waals surface area (Å²) >= 11 is 0. The topological polar surface area (TPSA) is 47.9 Å². The largest absolute Gasteiger partial charge is 0.566 e. The van der Waals surface area contributed by atoms with Crippen LogP contribution in [0.15, 0.2) is 53.7 Å². The van der Waals surface area contributed by atoms with E-state index in [2.05, 4.69) is 5.16 Å². The predicted molar refractivity (Wildman–Crippen MR) is 90.6 cm³/mol. The van der Waals surface area contributed by atoms with Gasteiger partial charge in [-0.15, -0.1) is 0 Å². The first-order chi connectivity index (χ1) is 11.1. The number of benzene rings is 2. The van der Waals surface area contributed by atoms with Gasteiger partial charge in [0.05, 0.1) is 5.71 Å². The Hall–Kier alpha value is -2.27. The Kier molecular flexibility index (Phi) is 4.39. The van der Waals surface area contributed by atoms with E-state index >= 15 is 0 Å². The van der Waals surface area contributed by atoms with Crippen LogP contribution in [0, 0.1) is 12.8 Å². The summed E-state index contributed by atoms with van der Waals surface area (Å²) in [6, 6.07) is 15.2. The molecule has 5 heteroatoms. The van der Waals surface area contributed by atoms with Gasteiger partial charge in [0.15, 0.2) is 0 Å². The molecular formula is C18H19NO3Si. The van der Waals surface area contributed by atoms with Gasteiger partial charge in [0.1, 0.15) is 11.9 Å². The van der Waals surface area contributed by atoms with Crippen molar-refractivity contribution in [3.8, 4) is 5.75 Å². The molecular weight excluding hydrogens is 306 g/mol. The zero-order valence-corrected chi connectivity index (χ0v) is 14.4. The molecule has 1 heterocycles. The highest BCUT2D eigenvalue weighted by atomic mass is 28.3. The van der Waals surface area contributed by atoms with Gasteiger partial charge in [-0.05, 0) is 26.0 Å². The molecule has 23 heavy (non-hydrogen) atoms. The van der Waals surface area contributed by atoms with Crippen LogP contribution in [0.4, 0.5) is 0 Å². The van der Waals surface area contributed by atoms with Crippen LogP contribution in [0.1, 0.15) is 25.0 Å². The van der Waals surface area contributed by atoms with Crippen molar-refractivity contribution >= 4 is 19.8 Å². The Bertz CT molecular complexity index is 755. The normalized spacial score (nSPS) is 21.4. The SMILES string of the molecule is Cc1ccc([Si](=O)O/N=C2/c3ccccc3OC(C)C2C)cc1. The molecule has 2 atom stereocenters. The van der Waals surface area contributed by atoms with Crippen molar-refractivity contribution < 1.29 is 13.7 Å². The summed E-state index contributed by atoms with van der Waals surface area (Å²) in [7, 11) is -2.40. The third-order valence-electron chi connectivity index (χ3n) is 4.13. The first kappa shape index (κ1) is 15.6. The average Bonchev–Trinajstić information content (AvgIpc) is 2.55. The number of fused-ring (bicyclic) bond motifs is 1. The predicted octanol–water partition coefficient (Wildman–Crippen LogP) is 2.96. The summed E-state index contributed by atoms with van der Waals surface area (Å²) in [4.78, 5) is 0. The highest BCUT2D eigenvalue weighted by Crippen LogP contribution is 2.31. The minimum absolute atomic E-state index is 0.00560. The molecule has 118 valence electrons. The minimum atomic E-state index is -2.40. The zero-order chi connectivity index (χ0) is 16.4. The number of hydrogen-bond donors (Lipinski definition) is 0. The van der Waals surface area contributed by atoms with Gasteiger partial charge in [0.25, 0.3) is 0 Å². The van der Waals surface area contributed by atoms with Crippen LogP contribution in [0.2, 0.25) is 0 Å². The third kappa shape index (κ3) is 3.24. The van der Waals surface area contributed by atoms with Gasteiger partial charge in [0, 0.05) is 16.7 Å². The van der Waals surface area contributed by atoms with Crippen LogP contribution in [0.5, 0.6) is 5.75 Å². The maximum absolute atomic E-state index is 12.3. The molecule has 0 radical (unpaired) electrons. The number of rotatable bonds is 3. The van der Waals surface area contributed by atoms with Gasteiger partial charge in [-0.3, -0.25) is 0 Å². The number of aryl methyl sites for hydroxylation is 1. The maximum atomic E-state index is 12.3. The molecule has 0 N–H and O–H groups in total. The quantitative estimate of drug-likeness (QED) is 0.644. The van der Waals surface area contributed by atoms with Crippen molar-refractivity contribution in [2.45, 2.75) is 26.9 Å². The molecule has 0 saturated carbocycles. The summed E-state index contributed by atoms with van der Waals surface area (Å²) < 4.78 is 23.6. The molecule has 1 aliphatic rings. The van der Waals surface area contributed by atoms with Crippen LogP contribution in [-0.2, 0) is 8.99 Å². The first-order valence-electron chi connectivity index (χ1n) is 7.68. The fourth-order valence-electron chi connectivity index (χ4n) is 2.52. The summed E-state index contributed by atoms with van der Waals surface area (Å²) in [5.41, 5.74) is 2.80. The van der Waals surface area contributed by atoms with E-state index in [4.69, 9.17) is 9.26 Å². The Balaban J connectivity index is 1.86. The van der Waals surface area contributed by atoms with Crippen molar-refractivity contribution in [2.75, 3.05) is 0 Å². The molecule has 0 bridgehead atoms. The van der Waals surface area contributed by atoms with Gasteiger partial charge in [-0.2, -0.15) is 0 Å². The summed E-state index contributed by atoms with van der Waals surface area (Å²) in [5.74, 6) is 0.855. The number of ether oxygens (including phenoxy) is 1. The van der Waals surface area contributed by atoms with E-state index in [1.54, 1.807) is 0 Å². The standard InChI is InChI=1S/C18H19NO3Si/c1-12-8-10-15(11-9-12)23(20)22-19-18-13(2)14(3)21-17-7-5-4-6-16(17)18/h4-11,13-14H,1-3H3/b19-18+. The molecule has 2 unspecified atom stereocenters. The third-order valence-corrected chi connectivity index (χ3v) is 5.19. The van der Waals surface area contributed by atoms with Crippen LogP contribution in [0.25, 0.3) is 0 Å². The second kappa shape index (κ2) is 6.46. The lowest BCUT2D eigenvalue weighted by molar-refractivity contribution is 0.179. The average molecular weight is 325 g/mol. The lowest BCUT2D eigenvalue weighted by Crippen LogP contribution is -2.34. The minimum Gasteiger partial charge on any atom is -0.489 e. The zero-order valence-electron chi connectivity index (χ0n) is 13.4. The Labute approximate surface area is 137 Å². The van der Waals surface area contributed by atoms with Crippen molar-refractivity contribution in [3.63, 3.8) is 0 Å². The molecule has 3 rings (SSSR count). The fourth-order valence-corrected chi connectivity index (χ4v) is 3.24. The molecule has 0 spiro atoms. The van der Waals surface area contributed by atoms with Crippen molar-refractivity contribution in [1.29, 1.82) is 0 Å². The van der Waals surface area contributed by atoms with Crippen molar-refractivity contribution in [3.05, 3.63) is 59.7 Å². The van der Waals surface area contributed by atoms with Crippen LogP contribution >= 0.6 is 0 Å². The van der Waals surface area contributed by atoms with Gasteiger partial charge >= 0.3 is 8.93 Å². The number of oxime groups is 1. The molecule has 4 nitrogen and oxygen atoms in total. The van der Waals surface area contributed by atoms with E-state index in [-0.39, 0.29) is 12.0 Å². The molecule has 1 aliphatic heterocycles. The molecule has 0 aliphatic carbocycles. The van der Waals surface area contributed by atoms with E-state index < -0.39 is 8.93 Å². The summed E-state index contributed by atoms with van der Waals surface area (Å²) in [6.07, 6.45) is -0.00560. The van der Waals surface area contributed by atoms with E-state index in [1.807, 2.05) is 69.3 Å². The van der Waals surface area contributed by atoms with Crippen LogP contribution < -0.4 is 9.92 Å². The number of hydrogen-bond acceptors (Lipinski definition) is 4. The van der Waals surface area contributed by atoms with E-state index in [0.29, 0.717) is 5.19 Å². The molecule has 2 aromatic carbocycles. The molecule has 0 fully saturated rings. The molecule has 0 aromatic heterocycles. The van der Waals surface area contributed by atoms with Crippen molar-refractivity contribution in [2.24, 2.45) is 11.1 Å². The van der Waals surface area contributed by atoms with Gasteiger partial charge in [-0.25, -0.2) is 0 Å².